The van der Waals surface area contributed by atoms with E-state index in [4.69, 9.17) is 9.05 Å². The highest BCUT2D eigenvalue weighted by Gasteiger charge is 2.14. The fourth-order valence-corrected chi connectivity index (χ4v) is 2.65. The largest absolute Gasteiger partial charge is 0.439 e. The van der Waals surface area contributed by atoms with Crippen LogP contribution in [0.2, 0.25) is 0 Å². The van der Waals surface area contributed by atoms with Crippen LogP contribution in [0.3, 0.4) is 0 Å². The van der Waals surface area contributed by atoms with Gasteiger partial charge < -0.3 is 9.05 Å². The van der Waals surface area contributed by atoms with E-state index in [0.717, 1.165) is 0 Å². The first-order valence-electron chi connectivity index (χ1n) is 6.62. The summed E-state index contributed by atoms with van der Waals surface area (Å²) in [6.07, 6.45) is 0.587. The fourth-order valence-electron chi connectivity index (χ4n) is 1.64. The Morgan fingerprint density at radius 2 is 1.17 bits per heavy atom. The molecule has 0 atom stereocenters. The van der Waals surface area contributed by atoms with E-state index in [1.807, 2.05) is 6.92 Å². The van der Waals surface area contributed by atoms with E-state index >= 15 is 0 Å². The number of nitrogens with zero attached hydrogens (tertiary/aromatic N) is 2. The summed E-state index contributed by atoms with van der Waals surface area (Å²) in [4.78, 5) is 20.2. The summed E-state index contributed by atoms with van der Waals surface area (Å²) in [6, 6.07) is 11.4. The summed E-state index contributed by atoms with van der Waals surface area (Å²) in [5.41, 5.74) is -0.0380. The second kappa shape index (κ2) is 7.51. The SMILES string of the molecule is CCP(Oc1ccc([N+](=O)[O-])cc1)Oc1ccc([N+](=O)[O-])cc1. The maximum absolute atomic E-state index is 10.6. The Kier molecular flexibility index (Phi) is 5.43. The molecule has 0 bridgehead atoms. The number of hydrogen-bond donors (Lipinski definition) is 0. The van der Waals surface area contributed by atoms with Crippen molar-refractivity contribution in [3.05, 3.63) is 68.8 Å². The molecule has 0 heterocycles. The van der Waals surface area contributed by atoms with Gasteiger partial charge in [0.25, 0.3) is 19.8 Å². The standard InChI is InChI=1S/C14H13N2O6P/c1-2-23(21-13-7-3-11(4-8-13)15(17)18)22-14-9-5-12(6-10-14)16(19)20/h3-10H,2H2,1H3. The van der Waals surface area contributed by atoms with Gasteiger partial charge in [0.15, 0.2) is 0 Å². The maximum atomic E-state index is 10.6. The van der Waals surface area contributed by atoms with Gasteiger partial charge in [0, 0.05) is 30.4 Å². The van der Waals surface area contributed by atoms with Crippen molar-refractivity contribution < 1.29 is 18.9 Å². The average Bonchev–Trinajstić information content (AvgIpc) is 2.55. The summed E-state index contributed by atoms with van der Waals surface area (Å²) >= 11 is 0. The Labute approximate surface area is 132 Å². The van der Waals surface area contributed by atoms with Crippen molar-refractivity contribution in [3.63, 3.8) is 0 Å². The lowest BCUT2D eigenvalue weighted by molar-refractivity contribution is -0.385. The second-order valence-electron chi connectivity index (χ2n) is 4.33. The molecule has 23 heavy (non-hydrogen) atoms. The molecule has 0 saturated carbocycles. The summed E-state index contributed by atoms with van der Waals surface area (Å²) in [6.45, 7) is 1.88. The van der Waals surface area contributed by atoms with Gasteiger partial charge in [-0.05, 0) is 24.3 Å². The van der Waals surface area contributed by atoms with Gasteiger partial charge in [0.05, 0.1) is 9.85 Å². The second-order valence-corrected chi connectivity index (χ2v) is 6.00. The molecule has 0 spiro atoms. The van der Waals surface area contributed by atoms with Crippen LogP contribution in [-0.4, -0.2) is 16.0 Å². The van der Waals surface area contributed by atoms with Crippen LogP contribution < -0.4 is 9.05 Å². The van der Waals surface area contributed by atoms with Crippen LogP contribution >= 0.6 is 8.38 Å². The van der Waals surface area contributed by atoms with Crippen LogP contribution in [0.4, 0.5) is 11.4 Å². The van der Waals surface area contributed by atoms with Crippen LogP contribution in [0.5, 0.6) is 11.5 Å². The first-order valence-corrected chi connectivity index (χ1v) is 7.98. The lowest BCUT2D eigenvalue weighted by Gasteiger charge is -2.17. The monoisotopic (exact) mass is 336 g/mol. The van der Waals surface area contributed by atoms with Gasteiger partial charge in [-0.15, -0.1) is 0 Å². The Balaban J connectivity index is 2.02. The molecule has 0 saturated heterocycles. The third-order valence-corrected chi connectivity index (χ3v) is 4.11. The molecule has 0 aliphatic heterocycles. The Morgan fingerprint density at radius 1 is 0.826 bits per heavy atom. The van der Waals surface area contributed by atoms with Gasteiger partial charge in [-0.2, -0.15) is 0 Å². The Hall–Kier alpha value is -2.73. The smallest absolute Gasteiger partial charge is 0.290 e. The van der Waals surface area contributed by atoms with Crippen LogP contribution in [-0.2, 0) is 0 Å². The molecule has 2 aromatic carbocycles. The Morgan fingerprint density at radius 3 is 1.43 bits per heavy atom. The lowest BCUT2D eigenvalue weighted by atomic mass is 10.3. The van der Waals surface area contributed by atoms with Gasteiger partial charge in [-0.3, -0.25) is 20.2 Å². The number of non-ortho nitro benzene ring substituents is 2. The van der Waals surface area contributed by atoms with Gasteiger partial charge in [-0.25, -0.2) is 0 Å². The zero-order chi connectivity index (χ0) is 16.8. The highest BCUT2D eigenvalue weighted by molar-refractivity contribution is 7.48. The molecular formula is C14H13N2O6P. The van der Waals surface area contributed by atoms with Gasteiger partial charge in [-0.1, -0.05) is 6.92 Å². The number of nitro groups is 2. The van der Waals surface area contributed by atoms with Crippen LogP contribution in [0.1, 0.15) is 6.92 Å². The van der Waals surface area contributed by atoms with Crippen molar-refractivity contribution >= 4 is 19.8 Å². The van der Waals surface area contributed by atoms with E-state index in [-0.39, 0.29) is 11.4 Å². The van der Waals surface area contributed by atoms with E-state index in [0.29, 0.717) is 17.7 Å². The van der Waals surface area contributed by atoms with Crippen molar-refractivity contribution in [2.45, 2.75) is 6.92 Å². The summed E-state index contributed by atoms with van der Waals surface area (Å²) in [5, 5.41) is 21.2. The molecule has 8 nitrogen and oxygen atoms in total. The molecule has 0 N–H and O–H groups in total. The predicted octanol–water partition coefficient (Wildman–Crippen LogP) is 4.29. The van der Waals surface area contributed by atoms with E-state index in [9.17, 15) is 20.2 Å². The first-order chi connectivity index (χ1) is 11.0. The van der Waals surface area contributed by atoms with Gasteiger partial charge >= 0.3 is 0 Å². The molecule has 0 amide bonds. The van der Waals surface area contributed by atoms with Crippen LogP contribution in [0, 0.1) is 20.2 Å². The molecular weight excluding hydrogens is 323 g/mol. The lowest BCUT2D eigenvalue weighted by Crippen LogP contribution is -1.98. The average molecular weight is 336 g/mol. The quantitative estimate of drug-likeness (QED) is 0.424. The van der Waals surface area contributed by atoms with Crippen molar-refractivity contribution in [3.8, 4) is 11.5 Å². The first kappa shape index (κ1) is 16.6. The third-order valence-electron chi connectivity index (χ3n) is 2.77. The maximum Gasteiger partial charge on any atom is 0.290 e. The molecule has 0 aromatic heterocycles. The summed E-state index contributed by atoms with van der Waals surface area (Å²) < 4.78 is 11.3. The molecule has 0 radical (unpaired) electrons. The van der Waals surface area contributed by atoms with Crippen LogP contribution in [0.25, 0.3) is 0 Å². The molecule has 120 valence electrons. The van der Waals surface area contributed by atoms with Crippen molar-refractivity contribution in [2.75, 3.05) is 6.16 Å². The molecule has 0 aliphatic carbocycles. The minimum atomic E-state index is -1.30. The molecule has 0 unspecified atom stereocenters. The van der Waals surface area contributed by atoms with Crippen molar-refractivity contribution in [1.82, 2.24) is 0 Å². The summed E-state index contributed by atoms with van der Waals surface area (Å²) in [7, 11) is -1.30. The fraction of sp³-hybridized carbons (Fsp3) is 0.143. The zero-order valence-corrected chi connectivity index (χ0v) is 13.0. The third kappa shape index (κ3) is 4.62. The van der Waals surface area contributed by atoms with Gasteiger partial charge in [0.2, 0.25) is 0 Å². The Bertz CT molecular complexity index is 630. The van der Waals surface area contributed by atoms with E-state index in [1.165, 1.54) is 48.5 Å². The number of benzene rings is 2. The normalized spacial score (nSPS) is 10.3. The summed E-state index contributed by atoms with van der Waals surface area (Å²) in [5.74, 6) is 0.927. The topological polar surface area (TPSA) is 105 Å². The number of hydrogen-bond acceptors (Lipinski definition) is 6. The predicted molar refractivity (Wildman–Crippen MR) is 84.9 cm³/mol. The zero-order valence-electron chi connectivity index (χ0n) is 12.1. The number of nitro benzene ring substituents is 2. The molecule has 0 aliphatic rings. The highest BCUT2D eigenvalue weighted by atomic mass is 31.2. The van der Waals surface area contributed by atoms with E-state index in [1.54, 1.807) is 0 Å². The molecule has 2 aromatic rings. The van der Waals surface area contributed by atoms with Crippen molar-refractivity contribution in [2.24, 2.45) is 0 Å². The highest BCUT2D eigenvalue weighted by Crippen LogP contribution is 2.40. The number of rotatable bonds is 7. The minimum absolute atomic E-state index is 0.0190. The molecule has 2 rings (SSSR count). The van der Waals surface area contributed by atoms with Crippen molar-refractivity contribution in [1.29, 1.82) is 0 Å². The minimum Gasteiger partial charge on any atom is -0.439 e. The van der Waals surface area contributed by atoms with Crippen LogP contribution in [0.15, 0.2) is 48.5 Å². The van der Waals surface area contributed by atoms with Gasteiger partial charge in [0.1, 0.15) is 11.5 Å². The van der Waals surface area contributed by atoms with E-state index in [2.05, 4.69) is 0 Å². The molecule has 0 fully saturated rings. The molecule has 9 heteroatoms. The van der Waals surface area contributed by atoms with E-state index < -0.39 is 18.2 Å².